The minimum Gasteiger partial charge on any atom is -0.346 e. The Bertz CT molecular complexity index is 549. The van der Waals surface area contributed by atoms with E-state index in [4.69, 9.17) is 0 Å². The second-order valence-corrected chi connectivity index (χ2v) is 7.43. The zero-order valence-corrected chi connectivity index (χ0v) is 17.0. The fourth-order valence-corrected chi connectivity index (χ4v) is 3.20. The molecule has 5 nitrogen and oxygen atoms in total. The highest BCUT2D eigenvalue weighted by Gasteiger charge is 2.04. The number of hydrogen-bond acceptors (Lipinski definition) is 3. The van der Waals surface area contributed by atoms with Gasteiger partial charge < -0.3 is 14.9 Å². The molecule has 0 radical (unpaired) electrons. The van der Waals surface area contributed by atoms with E-state index in [1.165, 1.54) is 49.9 Å². The van der Waals surface area contributed by atoms with Crippen LogP contribution in [0.25, 0.3) is 0 Å². The number of nitrogens with zero attached hydrogens (tertiary/aromatic N) is 3. The highest BCUT2D eigenvalue weighted by atomic mass is 15.1. The van der Waals surface area contributed by atoms with Crippen molar-refractivity contribution in [2.75, 3.05) is 20.1 Å². The van der Waals surface area contributed by atoms with Gasteiger partial charge in [-0.15, -0.1) is 0 Å². The molecule has 0 unspecified atom stereocenters. The molecule has 146 valence electrons. The standard InChI is InChI=1S/C21H37N5/c1-4-6-12-20-22-16-18(24-20)10-8-14-26(3)15-9-11-19-17-23-21(25-19)13-7-5-2/h16-17H,4-15H2,1-3H3,(H,22,24)(H,23,25). The number of aryl methyl sites for hydroxylation is 4. The van der Waals surface area contributed by atoms with Gasteiger partial charge in [0.25, 0.3) is 0 Å². The Hall–Kier alpha value is -1.62. The molecule has 0 saturated heterocycles. The summed E-state index contributed by atoms with van der Waals surface area (Å²) in [6.45, 7) is 6.71. The van der Waals surface area contributed by atoms with Crippen LogP contribution < -0.4 is 0 Å². The van der Waals surface area contributed by atoms with Gasteiger partial charge >= 0.3 is 0 Å². The molecule has 0 spiro atoms. The highest BCUT2D eigenvalue weighted by Crippen LogP contribution is 2.07. The molecule has 0 atom stereocenters. The first-order valence-electron chi connectivity index (χ1n) is 10.4. The van der Waals surface area contributed by atoms with Crippen LogP contribution in [-0.4, -0.2) is 45.0 Å². The zero-order valence-electron chi connectivity index (χ0n) is 17.0. The third-order valence-corrected chi connectivity index (χ3v) is 4.87. The smallest absolute Gasteiger partial charge is 0.106 e. The Kier molecular flexibility index (Phi) is 9.46. The van der Waals surface area contributed by atoms with E-state index in [0.717, 1.165) is 50.4 Å². The van der Waals surface area contributed by atoms with Crippen LogP contribution in [0.15, 0.2) is 12.4 Å². The molecule has 0 aliphatic rings. The van der Waals surface area contributed by atoms with Crippen LogP contribution >= 0.6 is 0 Å². The fourth-order valence-electron chi connectivity index (χ4n) is 3.20. The molecular formula is C21H37N5. The molecule has 0 bridgehead atoms. The van der Waals surface area contributed by atoms with Crippen LogP contribution in [0.4, 0.5) is 0 Å². The van der Waals surface area contributed by atoms with Gasteiger partial charge in [-0.3, -0.25) is 0 Å². The summed E-state index contributed by atoms with van der Waals surface area (Å²) in [5, 5.41) is 0. The van der Waals surface area contributed by atoms with Gasteiger partial charge in [0.1, 0.15) is 11.6 Å². The monoisotopic (exact) mass is 359 g/mol. The first-order chi connectivity index (χ1) is 12.7. The second-order valence-electron chi connectivity index (χ2n) is 7.43. The lowest BCUT2D eigenvalue weighted by Crippen LogP contribution is -2.21. The number of hydrogen-bond donors (Lipinski definition) is 2. The number of H-pyrrole nitrogens is 2. The van der Waals surface area contributed by atoms with Crippen molar-refractivity contribution >= 4 is 0 Å². The van der Waals surface area contributed by atoms with Crippen molar-refractivity contribution in [3.05, 3.63) is 35.4 Å². The molecule has 0 aliphatic heterocycles. The van der Waals surface area contributed by atoms with E-state index < -0.39 is 0 Å². The van der Waals surface area contributed by atoms with Crippen LogP contribution in [0.3, 0.4) is 0 Å². The van der Waals surface area contributed by atoms with Crippen LogP contribution in [0.2, 0.25) is 0 Å². The zero-order chi connectivity index (χ0) is 18.6. The van der Waals surface area contributed by atoms with Crippen molar-refractivity contribution in [1.29, 1.82) is 0 Å². The Morgan fingerprint density at radius 2 is 1.19 bits per heavy atom. The lowest BCUT2D eigenvalue weighted by Gasteiger charge is -2.15. The van der Waals surface area contributed by atoms with Crippen molar-refractivity contribution in [3.63, 3.8) is 0 Å². The topological polar surface area (TPSA) is 60.6 Å². The van der Waals surface area contributed by atoms with E-state index >= 15 is 0 Å². The molecule has 2 rings (SSSR count). The first kappa shape index (κ1) is 20.7. The normalized spacial score (nSPS) is 11.5. The summed E-state index contributed by atoms with van der Waals surface area (Å²) in [7, 11) is 2.22. The maximum Gasteiger partial charge on any atom is 0.106 e. The SMILES string of the molecule is CCCCc1ncc(CCCN(C)CCCc2cnc(CCCC)[nH]2)[nH]1. The summed E-state index contributed by atoms with van der Waals surface area (Å²) >= 11 is 0. The van der Waals surface area contributed by atoms with Gasteiger partial charge in [-0.05, 0) is 58.7 Å². The summed E-state index contributed by atoms with van der Waals surface area (Å²) < 4.78 is 0. The van der Waals surface area contributed by atoms with Gasteiger partial charge in [0.15, 0.2) is 0 Å². The van der Waals surface area contributed by atoms with E-state index in [0.29, 0.717) is 0 Å². The van der Waals surface area contributed by atoms with Crippen molar-refractivity contribution in [1.82, 2.24) is 24.8 Å². The van der Waals surface area contributed by atoms with Crippen LogP contribution in [-0.2, 0) is 25.7 Å². The quantitative estimate of drug-likeness (QED) is 0.528. The van der Waals surface area contributed by atoms with Crippen molar-refractivity contribution in [3.8, 4) is 0 Å². The first-order valence-corrected chi connectivity index (χ1v) is 10.4. The number of nitrogens with one attached hydrogen (secondary N) is 2. The molecule has 2 N–H and O–H groups in total. The molecule has 0 aliphatic carbocycles. The van der Waals surface area contributed by atoms with Crippen molar-refractivity contribution in [2.45, 2.75) is 78.1 Å². The lowest BCUT2D eigenvalue weighted by atomic mass is 10.2. The average Bonchev–Trinajstić information content (AvgIpc) is 3.27. The maximum atomic E-state index is 4.48. The van der Waals surface area contributed by atoms with Gasteiger partial charge in [-0.1, -0.05) is 26.7 Å². The molecule has 0 fully saturated rings. The average molecular weight is 360 g/mol. The predicted octanol–water partition coefficient (Wildman–Crippen LogP) is 4.32. The lowest BCUT2D eigenvalue weighted by molar-refractivity contribution is 0.324. The highest BCUT2D eigenvalue weighted by molar-refractivity contribution is 5.02. The minimum absolute atomic E-state index is 1.07. The summed E-state index contributed by atoms with van der Waals surface area (Å²) in [4.78, 5) is 18.3. The molecule has 26 heavy (non-hydrogen) atoms. The van der Waals surface area contributed by atoms with Gasteiger partial charge in [0, 0.05) is 36.6 Å². The molecule has 0 amide bonds. The van der Waals surface area contributed by atoms with Crippen LogP contribution in [0.5, 0.6) is 0 Å². The van der Waals surface area contributed by atoms with E-state index in [1.54, 1.807) is 0 Å². The van der Waals surface area contributed by atoms with Crippen LogP contribution in [0.1, 0.15) is 75.4 Å². The molecule has 2 aromatic heterocycles. The molecule has 0 aromatic carbocycles. The van der Waals surface area contributed by atoms with E-state index in [9.17, 15) is 0 Å². The Morgan fingerprint density at radius 1 is 0.731 bits per heavy atom. The Balaban J connectivity index is 1.56. The Morgan fingerprint density at radius 3 is 1.62 bits per heavy atom. The summed E-state index contributed by atoms with van der Waals surface area (Å²) in [5.41, 5.74) is 2.56. The van der Waals surface area contributed by atoms with E-state index in [-0.39, 0.29) is 0 Å². The summed E-state index contributed by atoms with van der Waals surface area (Å²) in [6, 6.07) is 0. The number of aromatic nitrogens is 4. The van der Waals surface area contributed by atoms with Gasteiger partial charge in [0.05, 0.1) is 0 Å². The second kappa shape index (κ2) is 11.9. The number of rotatable bonds is 14. The molecule has 0 saturated carbocycles. The molecule has 5 heteroatoms. The number of aromatic amines is 2. The van der Waals surface area contributed by atoms with Crippen molar-refractivity contribution < 1.29 is 0 Å². The maximum absolute atomic E-state index is 4.48. The predicted molar refractivity (Wildman–Crippen MR) is 109 cm³/mol. The summed E-state index contributed by atoms with van der Waals surface area (Å²) in [5.74, 6) is 2.29. The molecular weight excluding hydrogens is 322 g/mol. The third-order valence-electron chi connectivity index (χ3n) is 4.87. The van der Waals surface area contributed by atoms with Gasteiger partial charge in [0.2, 0.25) is 0 Å². The summed E-state index contributed by atoms with van der Waals surface area (Å²) in [6.07, 6.45) is 15.6. The van der Waals surface area contributed by atoms with Gasteiger partial charge in [-0.2, -0.15) is 0 Å². The fraction of sp³-hybridized carbons (Fsp3) is 0.714. The largest absolute Gasteiger partial charge is 0.346 e. The van der Waals surface area contributed by atoms with Crippen LogP contribution in [0, 0.1) is 0 Å². The Labute approximate surface area is 159 Å². The van der Waals surface area contributed by atoms with E-state index in [2.05, 4.69) is 45.7 Å². The van der Waals surface area contributed by atoms with Gasteiger partial charge in [-0.25, -0.2) is 9.97 Å². The van der Waals surface area contributed by atoms with E-state index in [1.807, 2.05) is 12.4 Å². The molecule has 2 heterocycles. The number of imidazole rings is 2. The molecule has 2 aromatic rings. The van der Waals surface area contributed by atoms with Crippen molar-refractivity contribution in [2.24, 2.45) is 0 Å². The number of unbranched alkanes of at least 4 members (excludes halogenated alkanes) is 2. The third kappa shape index (κ3) is 7.73. The minimum atomic E-state index is 1.07.